The number of sulfonamides is 1. The summed E-state index contributed by atoms with van der Waals surface area (Å²) in [5.41, 5.74) is -2.38. The van der Waals surface area contributed by atoms with Gasteiger partial charge in [-0.05, 0) is 78.1 Å². The van der Waals surface area contributed by atoms with Gasteiger partial charge in [-0.15, -0.1) is 0 Å². The van der Waals surface area contributed by atoms with Crippen LogP contribution in [0.4, 0.5) is 4.79 Å². The monoisotopic (exact) mass is 722 g/mol. The maximum absolute atomic E-state index is 14.3. The summed E-state index contributed by atoms with van der Waals surface area (Å²) in [4.78, 5) is 69.8. The minimum absolute atomic E-state index is 0.0226. The summed E-state index contributed by atoms with van der Waals surface area (Å²) in [6.45, 7) is 7.44. The topological polar surface area (TPSA) is 187 Å². The van der Waals surface area contributed by atoms with Crippen molar-refractivity contribution in [2.24, 2.45) is 17.8 Å². The number of hydrogen-bond donors (Lipinski definition) is 3. The summed E-state index contributed by atoms with van der Waals surface area (Å²) in [5, 5.41) is 4.82. The van der Waals surface area contributed by atoms with Crippen molar-refractivity contribution in [3.63, 3.8) is 0 Å². The van der Waals surface area contributed by atoms with E-state index in [0.717, 1.165) is 32.1 Å². The second-order valence-corrected chi connectivity index (χ2v) is 17.5. The number of amides is 4. The van der Waals surface area contributed by atoms with Crippen molar-refractivity contribution in [2.45, 2.75) is 139 Å². The molecule has 5 rings (SSSR count). The van der Waals surface area contributed by atoms with Gasteiger partial charge in [0.15, 0.2) is 0 Å². The van der Waals surface area contributed by atoms with Gasteiger partial charge in [0.05, 0.1) is 24.3 Å². The highest BCUT2D eigenvalue weighted by Crippen LogP contribution is 2.46. The zero-order valence-corrected chi connectivity index (χ0v) is 30.6. The fourth-order valence-corrected chi connectivity index (χ4v) is 8.85. The molecule has 0 aromatic rings. The van der Waals surface area contributed by atoms with Crippen LogP contribution in [0, 0.1) is 17.8 Å². The third kappa shape index (κ3) is 9.36. The molecule has 5 aliphatic rings. The van der Waals surface area contributed by atoms with E-state index >= 15 is 0 Å². The molecule has 6 atom stereocenters. The minimum Gasteiger partial charge on any atom is -0.460 e. The van der Waals surface area contributed by atoms with Crippen LogP contribution >= 0.6 is 0 Å². The molecule has 0 spiro atoms. The summed E-state index contributed by atoms with van der Waals surface area (Å²) in [6, 6.07) is -2.24. The van der Waals surface area contributed by atoms with E-state index in [1.54, 1.807) is 32.9 Å². The van der Waals surface area contributed by atoms with Crippen LogP contribution in [0.2, 0.25) is 0 Å². The quantitative estimate of drug-likeness (QED) is 0.249. The van der Waals surface area contributed by atoms with E-state index in [1.807, 2.05) is 6.92 Å². The van der Waals surface area contributed by atoms with Crippen LogP contribution in [0.3, 0.4) is 0 Å². The number of nitrogens with zero attached hydrogens (tertiary/aromatic N) is 1. The van der Waals surface area contributed by atoms with Crippen LogP contribution in [0.5, 0.6) is 0 Å². The molecule has 0 bridgehead atoms. The third-order valence-corrected chi connectivity index (χ3v) is 12.2. The molecule has 4 amide bonds. The SMILES string of the molecule is CCC(C(=O)O[C@@H]1C[C@H]2C(=O)N[C@]3(C(=O)NS(=O)(=O)C4CC4)C[C@@H]3/C=C\COCCC[C@H](NC(=O)OC(C)(C)C)C(=O)N2C1)C1CCCCC1. The number of fused-ring (bicyclic) bond motifs is 2. The molecule has 2 heterocycles. The van der Waals surface area contributed by atoms with Crippen LogP contribution in [-0.2, 0) is 43.4 Å². The number of carbonyl (C=O) groups excluding carboxylic acids is 5. The Morgan fingerprint density at radius 2 is 1.80 bits per heavy atom. The Kier molecular flexibility index (Phi) is 11.9. The van der Waals surface area contributed by atoms with Crippen molar-refractivity contribution < 1.29 is 46.6 Å². The van der Waals surface area contributed by atoms with Gasteiger partial charge < -0.3 is 29.7 Å². The van der Waals surface area contributed by atoms with Gasteiger partial charge in [-0.1, -0.05) is 38.3 Å². The van der Waals surface area contributed by atoms with Crippen molar-refractivity contribution in [3.8, 4) is 0 Å². The molecule has 2 aliphatic heterocycles. The van der Waals surface area contributed by atoms with Crippen LogP contribution in [-0.4, -0.2) is 97.4 Å². The number of hydrogen-bond acceptors (Lipinski definition) is 10. The molecule has 14 nitrogen and oxygen atoms in total. The molecule has 280 valence electrons. The fraction of sp³-hybridized carbons (Fsp3) is 0.800. The Labute approximate surface area is 295 Å². The summed E-state index contributed by atoms with van der Waals surface area (Å²) in [6.07, 6.45) is 9.26. The van der Waals surface area contributed by atoms with Gasteiger partial charge in [0.1, 0.15) is 29.3 Å². The largest absolute Gasteiger partial charge is 0.460 e. The van der Waals surface area contributed by atoms with E-state index in [-0.39, 0.29) is 56.8 Å². The number of rotatable bonds is 8. The normalized spacial score (nSPS) is 31.1. The first-order chi connectivity index (χ1) is 23.6. The molecule has 0 aromatic heterocycles. The summed E-state index contributed by atoms with van der Waals surface area (Å²) < 4.78 is 44.8. The van der Waals surface area contributed by atoms with Gasteiger partial charge in [0.2, 0.25) is 21.8 Å². The lowest BCUT2D eigenvalue weighted by molar-refractivity contribution is -0.156. The molecule has 4 fully saturated rings. The number of ether oxygens (including phenoxy) is 3. The second kappa shape index (κ2) is 15.6. The number of alkyl carbamates (subject to hydrolysis) is 1. The van der Waals surface area contributed by atoms with Crippen LogP contribution in [0.25, 0.3) is 0 Å². The predicted octanol–water partition coefficient (Wildman–Crippen LogP) is 2.85. The zero-order valence-electron chi connectivity index (χ0n) is 29.7. The summed E-state index contributed by atoms with van der Waals surface area (Å²) in [7, 11) is -3.90. The Hall–Kier alpha value is -3.20. The van der Waals surface area contributed by atoms with Crippen LogP contribution in [0.1, 0.15) is 105 Å². The Bertz CT molecular complexity index is 1430. The van der Waals surface area contributed by atoms with Gasteiger partial charge in [-0.25, -0.2) is 13.2 Å². The van der Waals surface area contributed by atoms with Crippen molar-refractivity contribution in [1.29, 1.82) is 0 Å². The van der Waals surface area contributed by atoms with Gasteiger partial charge >= 0.3 is 12.1 Å². The van der Waals surface area contributed by atoms with E-state index in [0.29, 0.717) is 25.7 Å². The number of nitrogens with one attached hydrogen (secondary N) is 3. The van der Waals surface area contributed by atoms with Gasteiger partial charge in [-0.2, -0.15) is 0 Å². The first-order valence-corrected chi connectivity index (χ1v) is 19.8. The molecular weight excluding hydrogens is 668 g/mol. The predicted molar refractivity (Wildman–Crippen MR) is 182 cm³/mol. The first-order valence-electron chi connectivity index (χ1n) is 18.3. The summed E-state index contributed by atoms with van der Waals surface area (Å²) in [5.74, 6) is -3.01. The minimum atomic E-state index is -3.90. The number of esters is 1. The van der Waals surface area contributed by atoms with E-state index in [4.69, 9.17) is 14.2 Å². The van der Waals surface area contributed by atoms with Crippen molar-refractivity contribution in [3.05, 3.63) is 12.2 Å². The molecule has 3 saturated carbocycles. The molecule has 0 radical (unpaired) electrons. The van der Waals surface area contributed by atoms with E-state index in [2.05, 4.69) is 15.4 Å². The average molecular weight is 723 g/mol. The smallest absolute Gasteiger partial charge is 0.408 e. The van der Waals surface area contributed by atoms with Crippen molar-refractivity contribution >= 4 is 39.8 Å². The maximum atomic E-state index is 14.3. The lowest BCUT2D eigenvalue weighted by atomic mass is 9.79. The first kappa shape index (κ1) is 38.0. The molecule has 1 unspecified atom stereocenters. The Morgan fingerprint density at radius 1 is 1.08 bits per heavy atom. The van der Waals surface area contributed by atoms with Crippen LogP contribution < -0.4 is 15.4 Å². The molecule has 3 aliphatic carbocycles. The molecule has 15 heteroatoms. The van der Waals surface area contributed by atoms with Gasteiger partial charge in [-0.3, -0.25) is 23.9 Å². The number of carbonyl (C=O) groups is 5. The van der Waals surface area contributed by atoms with E-state index < -0.39 is 74.3 Å². The van der Waals surface area contributed by atoms with E-state index in [9.17, 15) is 32.4 Å². The van der Waals surface area contributed by atoms with Gasteiger partial charge in [0, 0.05) is 18.9 Å². The molecule has 1 saturated heterocycles. The molecule has 3 N–H and O–H groups in total. The lowest BCUT2D eigenvalue weighted by Crippen LogP contribution is -2.58. The Balaban J connectivity index is 1.41. The van der Waals surface area contributed by atoms with Crippen molar-refractivity contribution in [2.75, 3.05) is 19.8 Å². The maximum Gasteiger partial charge on any atom is 0.408 e. The van der Waals surface area contributed by atoms with Crippen LogP contribution in [0.15, 0.2) is 12.2 Å². The third-order valence-electron chi connectivity index (χ3n) is 10.4. The highest BCUT2D eigenvalue weighted by atomic mass is 32.2. The summed E-state index contributed by atoms with van der Waals surface area (Å²) >= 11 is 0. The van der Waals surface area contributed by atoms with Crippen molar-refractivity contribution in [1.82, 2.24) is 20.3 Å². The lowest BCUT2D eigenvalue weighted by Gasteiger charge is -2.30. The molecule has 0 aromatic carbocycles. The molecular formula is C35H54N4O10S. The Morgan fingerprint density at radius 3 is 2.46 bits per heavy atom. The van der Waals surface area contributed by atoms with Gasteiger partial charge in [0.25, 0.3) is 5.91 Å². The average Bonchev–Trinajstić information content (AvgIpc) is 3.96. The highest BCUT2D eigenvalue weighted by Gasteiger charge is 2.62. The fourth-order valence-electron chi connectivity index (χ4n) is 7.49. The second-order valence-electron chi connectivity index (χ2n) is 15.5. The van der Waals surface area contributed by atoms with E-state index in [1.165, 1.54) is 4.90 Å². The highest BCUT2D eigenvalue weighted by molar-refractivity contribution is 7.91. The molecule has 50 heavy (non-hydrogen) atoms. The standard InChI is InChI=1S/C35H54N4O10S/c1-5-26(22-11-7-6-8-12-22)31(42)48-24-19-28-29(40)37-35(32(43)38-50(45,46)25-15-16-25)20-23(35)13-9-17-47-18-10-14-27(30(41)39(28)21-24)36-33(44)49-34(2,3)4/h9,13,22-28H,5-8,10-12,14-21H2,1-4H3,(H,36,44)(H,37,40)(H,38,43)/b13-9-/t23-,24+,26?,27-,28-,35+/m0/s1. The zero-order chi connectivity index (χ0) is 36.3.